The lowest BCUT2D eigenvalue weighted by atomic mass is 9.88. The van der Waals surface area contributed by atoms with E-state index in [9.17, 15) is 0 Å². The minimum absolute atomic E-state index is 0.233. The Balaban J connectivity index is 4.39. The van der Waals surface area contributed by atoms with E-state index >= 15 is 0 Å². The number of allylic oxidation sites excluding steroid dienone is 1. The van der Waals surface area contributed by atoms with Gasteiger partial charge in [-0.2, -0.15) is 5.26 Å². The molecule has 0 aliphatic rings. The van der Waals surface area contributed by atoms with Crippen molar-refractivity contribution in [3.63, 3.8) is 0 Å². The van der Waals surface area contributed by atoms with Crippen LogP contribution in [-0.2, 0) is 0 Å². The Hall–Kier alpha value is -0.970. The van der Waals surface area contributed by atoms with E-state index in [0.29, 0.717) is 5.57 Å². The van der Waals surface area contributed by atoms with Crippen LogP contribution in [0.15, 0.2) is 11.8 Å². The summed E-state index contributed by atoms with van der Waals surface area (Å²) in [6.45, 7) is 5.62. The van der Waals surface area contributed by atoms with E-state index in [1.54, 1.807) is 0 Å². The third-order valence-electron chi connectivity index (χ3n) is 1.06. The van der Waals surface area contributed by atoms with Crippen molar-refractivity contribution in [2.45, 2.75) is 20.8 Å². The van der Waals surface area contributed by atoms with Gasteiger partial charge in [0.2, 0.25) is 0 Å². The number of aliphatic hydroxyl groups is 1. The Kier molecular flexibility index (Phi) is 2.27. The Morgan fingerprint density at radius 2 is 2.00 bits per heavy atom. The molecule has 0 fully saturated rings. The maximum absolute atomic E-state index is 8.48. The van der Waals surface area contributed by atoms with E-state index in [-0.39, 0.29) is 5.41 Å². The molecule has 2 nitrogen and oxygen atoms in total. The summed E-state index contributed by atoms with van der Waals surface area (Å²) in [5.74, 6) is 0. The highest BCUT2D eigenvalue weighted by Gasteiger charge is 2.16. The van der Waals surface area contributed by atoms with Gasteiger partial charge in [-0.1, -0.05) is 20.8 Å². The van der Waals surface area contributed by atoms with Crippen molar-refractivity contribution < 1.29 is 5.11 Å². The summed E-state index contributed by atoms with van der Waals surface area (Å²) in [5.41, 5.74) is 0.172. The topological polar surface area (TPSA) is 44.0 Å². The molecule has 0 aromatic rings. The molecule has 50 valence electrons. The van der Waals surface area contributed by atoms with Gasteiger partial charge in [0.15, 0.2) is 0 Å². The second-order valence-electron chi connectivity index (χ2n) is 2.90. The number of rotatable bonds is 0. The zero-order chi connectivity index (χ0) is 7.49. The van der Waals surface area contributed by atoms with Crippen LogP contribution >= 0.6 is 0 Å². The Morgan fingerprint density at radius 3 is 2.00 bits per heavy atom. The van der Waals surface area contributed by atoms with Crippen LogP contribution in [0.2, 0.25) is 0 Å². The Bertz CT molecular complexity index is 157. The van der Waals surface area contributed by atoms with E-state index in [1.807, 2.05) is 26.8 Å². The van der Waals surface area contributed by atoms with Crippen LogP contribution < -0.4 is 0 Å². The highest BCUT2D eigenvalue weighted by Crippen LogP contribution is 2.23. The SMILES string of the molecule is CC(C)(C)/C(C#N)=C/O. The first-order valence-electron chi connectivity index (χ1n) is 2.77. The van der Waals surface area contributed by atoms with Gasteiger partial charge in [0.1, 0.15) is 0 Å². The van der Waals surface area contributed by atoms with Gasteiger partial charge < -0.3 is 5.11 Å². The predicted octanol–water partition coefficient (Wildman–Crippen LogP) is 2.00. The Morgan fingerprint density at radius 1 is 1.56 bits per heavy atom. The van der Waals surface area contributed by atoms with Gasteiger partial charge in [-0.05, 0) is 5.41 Å². The summed E-state index contributed by atoms with van der Waals surface area (Å²) in [4.78, 5) is 0. The molecule has 0 spiro atoms. The molecule has 0 bridgehead atoms. The van der Waals surface area contributed by atoms with E-state index in [2.05, 4.69) is 0 Å². The first-order chi connectivity index (χ1) is 4.02. The molecule has 0 heterocycles. The van der Waals surface area contributed by atoms with Gasteiger partial charge in [-0.3, -0.25) is 0 Å². The molecular formula is C7H11NO. The van der Waals surface area contributed by atoms with Gasteiger partial charge in [0.05, 0.1) is 17.9 Å². The molecule has 2 heteroatoms. The normalized spacial score (nSPS) is 12.9. The van der Waals surface area contributed by atoms with Crippen molar-refractivity contribution in [3.8, 4) is 6.07 Å². The summed E-state index contributed by atoms with van der Waals surface area (Å²) in [6, 6.07) is 1.90. The zero-order valence-corrected chi connectivity index (χ0v) is 5.97. The summed E-state index contributed by atoms with van der Waals surface area (Å²) in [7, 11) is 0. The van der Waals surface area contributed by atoms with Gasteiger partial charge in [0.25, 0.3) is 0 Å². The molecule has 0 aliphatic heterocycles. The summed E-state index contributed by atoms with van der Waals surface area (Å²) in [6.07, 6.45) is 0.861. The van der Waals surface area contributed by atoms with E-state index in [0.717, 1.165) is 6.26 Å². The minimum Gasteiger partial charge on any atom is -0.515 e. The average Bonchev–Trinajstić information content (AvgIpc) is 1.65. The molecule has 1 N–H and O–H groups in total. The molecular weight excluding hydrogens is 114 g/mol. The molecule has 0 amide bonds. The standard InChI is InChI=1S/C7H11NO/c1-7(2,3)6(4-8)5-9/h5,9H,1-3H3/b6-5+. The summed E-state index contributed by atoms with van der Waals surface area (Å²) < 4.78 is 0. The van der Waals surface area contributed by atoms with Crippen molar-refractivity contribution >= 4 is 0 Å². The molecule has 0 aliphatic carbocycles. The fourth-order valence-corrected chi connectivity index (χ4v) is 0.390. The maximum atomic E-state index is 8.48. The van der Waals surface area contributed by atoms with Crippen molar-refractivity contribution in [3.05, 3.63) is 11.8 Å². The molecule has 0 rings (SSSR count). The smallest absolute Gasteiger partial charge is 0.0984 e. The maximum Gasteiger partial charge on any atom is 0.0984 e. The molecule has 0 saturated heterocycles. The van der Waals surface area contributed by atoms with Crippen LogP contribution in [0.3, 0.4) is 0 Å². The monoisotopic (exact) mass is 125 g/mol. The zero-order valence-electron chi connectivity index (χ0n) is 5.97. The molecule has 0 atom stereocenters. The Labute approximate surface area is 55.4 Å². The van der Waals surface area contributed by atoms with Crippen LogP contribution in [0.25, 0.3) is 0 Å². The fraction of sp³-hybridized carbons (Fsp3) is 0.571. The van der Waals surface area contributed by atoms with Crippen molar-refractivity contribution in [2.24, 2.45) is 5.41 Å². The first-order valence-corrected chi connectivity index (χ1v) is 2.77. The number of hydrogen-bond acceptors (Lipinski definition) is 2. The number of nitriles is 1. The molecule has 0 saturated carbocycles. The lowest BCUT2D eigenvalue weighted by Crippen LogP contribution is -2.07. The lowest BCUT2D eigenvalue weighted by molar-refractivity contribution is 0.434. The van der Waals surface area contributed by atoms with Crippen LogP contribution in [0.5, 0.6) is 0 Å². The second-order valence-corrected chi connectivity index (χ2v) is 2.90. The van der Waals surface area contributed by atoms with E-state index in [4.69, 9.17) is 10.4 Å². The molecule has 9 heavy (non-hydrogen) atoms. The van der Waals surface area contributed by atoms with Gasteiger partial charge in [-0.25, -0.2) is 0 Å². The third kappa shape index (κ3) is 2.18. The van der Waals surface area contributed by atoms with Crippen LogP contribution in [-0.4, -0.2) is 5.11 Å². The number of hydrogen-bond donors (Lipinski definition) is 1. The van der Waals surface area contributed by atoms with Crippen LogP contribution in [0, 0.1) is 16.7 Å². The van der Waals surface area contributed by atoms with Gasteiger partial charge in [0, 0.05) is 0 Å². The lowest BCUT2D eigenvalue weighted by Gasteiger charge is -2.14. The van der Waals surface area contributed by atoms with Crippen LogP contribution in [0.1, 0.15) is 20.8 Å². The van der Waals surface area contributed by atoms with E-state index in [1.165, 1.54) is 0 Å². The molecule has 0 radical (unpaired) electrons. The van der Waals surface area contributed by atoms with Gasteiger partial charge >= 0.3 is 0 Å². The second kappa shape index (κ2) is 2.54. The highest BCUT2D eigenvalue weighted by molar-refractivity contribution is 5.24. The highest BCUT2D eigenvalue weighted by atomic mass is 16.2. The van der Waals surface area contributed by atoms with Crippen molar-refractivity contribution in [1.29, 1.82) is 5.26 Å². The molecule has 0 aromatic carbocycles. The number of nitrogens with zero attached hydrogens (tertiary/aromatic N) is 1. The average molecular weight is 125 g/mol. The summed E-state index contributed by atoms with van der Waals surface area (Å²) in [5, 5.41) is 16.9. The first kappa shape index (κ1) is 8.03. The molecule has 0 unspecified atom stereocenters. The van der Waals surface area contributed by atoms with E-state index < -0.39 is 0 Å². The fourth-order valence-electron chi connectivity index (χ4n) is 0.390. The third-order valence-corrected chi connectivity index (χ3v) is 1.06. The van der Waals surface area contributed by atoms with Crippen molar-refractivity contribution in [1.82, 2.24) is 0 Å². The minimum atomic E-state index is -0.233. The molecule has 0 aromatic heterocycles. The quantitative estimate of drug-likeness (QED) is 0.397. The van der Waals surface area contributed by atoms with Crippen LogP contribution in [0.4, 0.5) is 0 Å². The number of aliphatic hydroxyl groups excluding tert-OH is 1. The van der Waals surface area contributed by atoms with Crippen molar-refractivity contribution in [2.75, 3.05) is 0 Å². The van der Waals surface area contributed by atoms with Gasteiger partial charge in [-0.15, -0.1) is 0 Å². The predicted molar refractivity (Wildman–Crippen MR) is 35.8 cm³/mol. The largest absolute Gasteiger partial charge is 0.515 e. The summed E-state index contributed by atoms with van der Waals surface area (Å²) >= 11 is 0.